The minimum atomic E-state index is -0.925. The van der Waals surface area contributed by atoms with Crippen molar-refractivity contribution in [3.8, 4) is 11.5 Å². The first-order valence-electron chi connectivity index (χ1n) is 7.59. The van der Waals surface area contributed by atoms with Crippen molar-refractivity contribution in [2.75, 3.05) is 5.32 Å². The van der Waals surface area contributed by atoms with Crippen molar-refractivity contribution in [1.82, 2.24) is 0 Å². The number of hydrogen-bond acceptors (Lipinski definition) is 3. The van der Waals surface area contributed by atoms with Crippen LogP contribution >= 0.6 is 0 Å². The van der Waals surface area contributed by atoms with E-state index in [0.29, 0.717) is 17.0 Å². The van der Waals surface area contributed by atoms with Crippen LogP contribution in [-0.4, -0.2) is 11.1 Å². The Morgan fingerprint density at radius 2 is 1.33 bits per heavy atom. The predicted molar refractivity (Wildman–Crippen MR) is 93.4 cm³/mol. The Balaban J connectivity index is 1.72. The van der Waals surface area contributed by atoms with E-state index in [-0.39, 0.29) is 0 Å². The maximum Gasteiger partial charge on any atom is 0.330 e. The number of aliphatic carboxylic acids is 1. The zero-order valence-electron chi connectivity index (χ0n) is 12.9. The van der Waals surface area contributed by atoms with E-state index in [2.05, 4.69) is 5.32 Å². The maximum absolute atomic E-state index is 11.5. The average Bonchev–Trinajstić information content (AvgIpc) is 2.62. The summed E-state index contributed by atoms with van der Waals surface area (Å²) in [6.45, 7) is 0. The number of carboxylic acid groups (broad SMARTS) is 1. The van der Waals surface area contributed by atoms with Gasteiger partial charge in [0, 0.05) is 5.69 Å². The summed E-state index contributed by atoms with van der Waals surface area (Å²) in [6, 6.07) is 25.0. The third kappa shape index (κ3) is 3.93. The third-order valence-electron chi connectivity index (χ3n) is 3.52. The van der Waals surface area contributed by atoms with E-state index < -0.39 is 12.0 Å². The molecule has 24 heavy (non-hydrogen) atoms. The molecule has 0 amide bonds. The van der Waals surface area contributed by atoms with Gasteiger partial charge in [-0.3, -0.25) is 0 Å². The highest BCUT2D eigenvalue weighted by Gasteiger charge is 2.19. The second-order valence-corrected chi connectivity index (χ2v) is 5.27. The molecule has 0 radical (unpaired) electrons. The van der Waals surface area contributed by atoms with Crippen LogP contribution < -0.4 is 10.1 Å². The zero-order chi connectivity index (χ0) is 16.8. The Morgan fingerprint density at radius 1 is 0.792 bits per heavy atom. The molecule has 0 saturated carbocycles. The highest BCUT2D eigenvalue weighted by molar-refractivity contribution is 5.79. The van der Waals surface area contributed by atoms with Gasteiger partial charge in [-0.2, -0.15) is 0 Å². The van der Waals surface area contributed by atoms with Crippen molar-refractivity contribution >= 4 is 11.7 Å². The van der Waals surface area contributed by atoms with Gasteiger partial charge in [0.25, 0.3) is 0 Å². The number of carboxylic acids is 1. The Labute approximate surface area is 140 Å². The molecule has 0 saturated heterocycles. The van der Waals surface area contributed by atoms with E-state index in [4.69, 9.17) is 4.74 Å². The van der Waals surface area contributed by atoms with Crippen molar-refractivity contribution in [2.45, 2.75) is 6.04 Å². The fourth-order valence-corrected chi connectivity index (χ4v) is 2.34. The molecule has 120 valence electrons. The normalized spacial score (nSPS) is 11.5. The SMILES string of the molecule is O=C(O)C(Nc1ccc(Oc2ccccc2)cc1)c1ccccc1. The quantitative estimate of drug-likeness (QED) is 0.690. The number of para-hydroxylation sites is 1. The standard InChI is InChI=1S/C20H17NO3/c22-20(23)19(15-7-3-1-4-8-15)21-16-11-13-18(14-12-16)24-17-9-5-2-6-10-17/h1-14,19,21H,(H,22,23). The van der Waals surface area contributed by atoms with Gasteiger partial charge in [0.05, 0.1) is 0 Å². The van der Waals surface area contributed by atoms with E-state index in [9.17, 15) is 9.90 Å². The van der Waals surface area contributed by atoms with Crippen LogP contribution in [-0.2, 0) is 4.79 Å². The molecule has 2 N–H and O–H groups in total. The van der Waals surface area contributed by atoms with Crippen molar-refractivity contribution in [3.63, 3.8) is 0 Å². The fourth-order valence-electron chi connectivity index (χ4n) is 2.34. The van der Waals surface area contributed by atoms with E-state index in [1.54, 1.807) is 36.4 Å². The molecule has 3 aromatic rings. The van der Waals surface area contributed by atoms with E-state index >= 15 is 0 Å². The van der Waals surface area contributed by atoms with Gasteiger partial charge >= 0.3 is 5.97 Å². The lowest BCUT2D eigenvalue weighted by atomic mass is 10.1. The van der Waals surface area contributed by atoms with Gasteiger partial charge in [-0.15, -0.1) is 0 Å². The molecule has 0 aromatic heterocycles. The number of carbonyl (C=O) groups is 1. The second-order valence-electron chi connectivity index (χ2n) is 5.27. The summed E-state index contributed by atoms with van der Waals surface area (Å²) < 4.78 is 5.73. The van der Waals surface area contributed by atoms with E-state index in [0.717, 1.165) is 5.75 Å². The van der Waals surface area contributed by atoms with Crippen LogP contribution in [0.4, 0.5) is 5.69 Å². The van der Waals surface area contributed by atoms with Crippen molar-refractivity contribution in [1.29, 1.82) is 0 Å². The summed E-state index contributed by atoms with van der Waals surface area (Å²) >= 11 is 0. The van der Waals surface area contributed by atoms with Crippen LogP contribution in [0.15, 0.2) is 84.9 Å². The summed E-state index contributed by atoms with van der Waals surface area (Å²) in [6.07, 6.45) is 0. The summed E-state index contributed by atoms with van der Waals surface area (Å²) in [7, 11) is 0. The number of anilines is 1. The van der Waals surface area contributed by atoms with Crippen LogP contribution in [0.1, 0.15) is 11.6 Å². The van der Waals surface area contributed by atoms with Gasteiger partial charge in [-0.05, 0) is 42.0 Å². The predicted octanol–water partition coefficient (Wildman–Crippen LogP) is 4.72. The molecular weight excluding hydrogens is 302 g/mol. The second kappa shape index (κ2) is 7.33. The van der Waals surface area contributed by atoms with Gasteiger partial charge < -0.3 is 15.2 Å². The number of hydrogen-bond donors (Lipinski definition) is 2. The van der Waals surface area contributed by atoms with Gasteiger partial charge in [0.1, 0.15) is 11.5 Å². The smallest absolute Gasteiger partial charge is 0.330 e. The molecule has 0 fully saturated rings. The number of nitrogens with one attached hydrogen (secondary N) is 1. The Hall–Kier alpha value is -3.27. The lowest BCUT2D eigenvalue weighted by molar-refractivity contribution is -0.138. The summed E-state index contributed by atoms with van der Waals surface area (Å²) in [5, 5.41) is 12.5. The van der Waals surface area contributed by atoms with Crippen molar-refractivity contribution < 1.29 is 14.6 Å². The van der Waals surface area contributed by atoms with Crippen LogP contribution in [0.2, 0.25) is 0 Å². The van der Waals surface area contributed by atoms with Crippen LogP contribution in [0.25, 0.3) is 0 Å². The molecule has 4 heteroatoms. The highest BCUT2D eigenvalue weighted by Crippen LogP contribution is 2.25. The van der Waals surface area contributed by atoms with Crippen LogP contribution in [0.5, 0.6) is 11.5 Å². The van der Waals surface area contributed by atoms with Gasteiger partial charge in [-0.25, -0.2) is 4.79 Å². The van der Waals surface area contributed by atoms with Crippen LogP contribution in [0.3, 0.4) is 0 Å². The third-order valence-corrected chi connectivity index (χ3v) is 3.52. The highest BCUT2D eigenvalue weighted by atomic mass is 16.5. The molecule has 1 unspecified atom stereocenters. The summed E-state index contributed by atoms with van der Waals surface area (Å²) in [5.74, 6) is 0.523. The van der Waals surface area contributed by atoms with Crippen molar-refractivity contribution in [3.05, 3.63) is 90.5 Å². The fraction of sp³-hybridized carbons (Fsp3) is 0.0500. The number of benzene rings is 3. The number of rotatable bonds is 6. The first kappa shape index (κ1) is 15.6. The molecule has 0 spiro atoms. The molecule has 3 aromatic carbocycles. The minimum absolute atomic E-state index is 0.693. The topological polar surface area (TPSA) is 58.6 Å². The molecule has 0 aliphatic carbocycles. The lowest BCUT2D eigenvalue weighted by Crippen LogP contribution is -2.20. The minimum Gasteiger partial charge on any atom is -0.479 e. The van der Waals surface area contributed by atoms with E-state index in [1.807, 2.05) is 48.5 Å². The monoisotopic (exact) mass is 319 g/mol. The number of ether oxygens (including phenoxy) is 1. The maximum atomic E-state index is 11.5. The molecule has 4 nitrogen and oxygen atoms in total. The Kier molecular flexibility index (Phi) is 4.77. The molecule has 1 atom stereocenters. The first-order chi connectivity index (χ1) is 11.7. The summed E-state index contributed by atoms with van der Waals surface area (Å²) in [5.41, 5.74) is 1.42. The molecular formula is C20H17NO3. The average molecular weight is 319 g/mol. The first-order valence-corrected chi connectivity index (χ1v) is 7.59. The van der Waals surface area contributed by atoms with Gasteiger partial charge in [0.2, 0.25) is 0 Å². The molecule has 0 bridgehead atoms. The van der Waals surface area contributed by atoms with Gasteiger partial charge in [0.15, 0.2) is 6.04 Å². The summed E-state index contributed by atoms with van der Waals surface area (Å²) in [4.78, 5) is 11.5. The molecule has 3 rings (SSSR count). The Morgan fingerprint density at radius 3 is 1.92 bits per heavy atom. The Bertz CT molecular complexity index is 786. The van der Waals surface area contributed by atoms with Crippen molar-refractivity contribution in [2.24, 2.45) is 0 Å². The van der Waals surface area contributed by atoms with E-state index in [1.165, 1.54) is 0 Å². The van der Waals surface area contributed by atoms with Gasteiger partial charge in [-0.1, -0.05) is 48.5 Å². The van der Waals surface area contributed by atoms with Crippen LogP contribution in [0, 0.1) is 0 Å². The largest absolute Gasteiger partial charge is 0.479 e. The lowest BCUT2D eigenvalue weighted by Gasteiger charge is -2.16. The molecule has 0 aliphatic heterocycles. The molecule has 0 heterocycles. The zero-order valence-corrected chi connectivity index (χ0v) is 12.9. The molecule has 0 aliphatic rings.